The molecule has 1 saturated carbocycles. The van der Waals surface area contributed by atoms with Crippen LogP contribution in [0.25, 0.3) is 0 Å². The molecule has 1 N–H and O–H groups in total. The molecule has 1 amide bonds. The molecule has 26 heavy (non-hydrogen) atoms. The van der Waals surface area contributed by atoms with Crippen LogP contribution in [-0.4, -0.2) is 16.1 Å². The lowest BCUT2D eigenvalue weighted by Crippen LogP contribution is -2.27. The van der Waals surface area contributed by atoms with Crippen molar-refractivity contribution in [3.8, 4) is 0 Å². The summed E-state index contributed by atoms with van der Waals surface area (Å²) < 4.78 is 13.9. The van der Waals surface area contributed by atoms with E-state index in [4.69, 9.17) is 0 Å². The lowest BCUT2D eigenvalue weighted by Gasteiger charge is -2.14. The van der Waals surface area contributed by atoms with Crippen molar-refractivity contribution in [2.45, 2.75) is 28.3 Å². The number of halogens is 1. The van der Waals surface area contributed by atoms with Gasteiger partial charge in [0.05, 0.1) is 5.41 Å². The summed E-state index contributed by atoms with van der Waals surface area (Å²) in [5.41, 5.74) is 1.50. The first-order valence-electron chi connectivity index (χ1n) is 8.23. The lowest BCUT2D eigenvalue weighted by molar-refractivity contribution is -0.118. The molecule has 0 unspecified atom stereocenters. The van der Waals surface area contributed by atoms with Gasteiger partial charge in [-0.3, -0.25) is 10.1 Å². The Hall–Kier alpha value is -2.25. The van der Waals surface area contributed by atoms with E-state index in [1.807, 2.05) is 18.2 Å². The second kappa shape index (κ2) is 7.17. The highest BCUT2D eigenvalue weighted by atomic mass is 32.2. The van der Waals surface area contributed by atoms with Crippen LogP contribution in [0.3, 0.4) is 0 Å². The Bertz CT molecular complexity index is 908. The number of nitrogens with zero attached hydrogens (tertiary/aromatic N) is 2. The van der Waals surface area contributed by atoms with E-state index in [0.29, 0.717) is 5.13 Å². The highest BCUT2D eigenvalue weighted by molar-refractivity contribution is 8.00. The zero-order valence-corrected chi connectivity index (χ0v) is 15.4. The van der Waals surface area contributed by atoms with Crippen LogP contribution in [0.2, 0.25) is 0 Å². The number of carbonyl (C=O) groups excluding carboxylic acids is 1. The van der Waals surface area contributed by atoms with Gasteiger partial charge in [0.25, 0.3) is 0 Å². The summed E-state index contributed by atoms with van der Waals surface area (Å²) in [7, 11) is 0. The van der Waals surface area contributed by atoms with Crippen molar-refractivity contribution in [3.63, 3.8) is 0 Å². The smallest absolute Gasteiger partial charge is 0.236 e. The first kappa shape index (κ1) is 17.2. The van der Waals surface area contributed by atoms with Crippen molar-refractivity contribution in [2.24, 2.45) is 0 Å². The molecule has 132 valence electrons. The van der Waals surface area contributed by atoms with Crippen LogP contribution in [0.15, 0.2) is 58.9 Å². The van der Waals surface area contributed by atoms with Gasteiger partial charge in [-0.2, -0.15) is 0 Å². The Morgan fingerprint density at radius 2 is 1.85 bits per heavy atom. The van der Waals surface area contributed by atoms with Gasteiger partial charge in [0.1, 0.15) is 5.82 Å². The fourth-order valence-corrected chi connectivity index (χ4v) is 4.50. The van der Waals surface area contributed by atoms with E-state index in [1.54, 1.807) is 23.9 Å². The summed E-state index contributed by atoms with van der Waals surface area (Å²) in [5.74, 6) is 0.414. The average molecular weight is 385 g/mol. The fraction of sp³-hybridized carbons (Fsp3) is 0.211. The van der Waals surface area contributed by atoms with Crippen molar-refractivity contribution < 1.29 is 9.18 Å². The maximum atomic E-state index is 13.1. The molecule has 1 aliphatic carbocycles. The van der Waals surface area contributed by atoms with Crippen LogP contribution >= 0.6 is 23.1 Å². The number of rotatable bonds is 6. The van der Waals surface area contributed by atoms with Crippen LogP contribution < -0.4 is 5.32 Å². The highest BCUT2D eigenvalue weighted by Gasteiger charge is 2.51. The van der Waals surface area contributed by atoms with Gasteiger partial charge in [-0.15, -0.1) is 10.2 Å². The topological polar surface area (TPSA) is 54.9 Å². The number of nitrogens with one attached hydrogen (secondary N) is 1. The number of hydrogen-bond acceptors (Lipinski definition) is 5. The lowest BCUT2D eigenvalue weighted by atomic mass is 9.95. The van der Waals surface area contributed by atoms with Crippen LogP contribution in [-0.2, 0) is 16.0 Å². The maximum Gasteiger partial charge on any atom is 0.236 e. The number of amides is 1. The minimum Gasteiger partial charge on any atom is -0.300 e. The highest BCUT2D eigenvalue weighted by Crippen LogP contribution is 2.49. The van der Waals surface area contributed by atoms with Crippen molar-refractivity contribution in [1.82, 2.24) is 10.2 Å². The molecule has 0 bridgehead atoms. The molecule has 7 heteroatoms. The number of carbonyl (C=O) groups is 1. The first-order valence-corrected chi connectivity index (χ1v) is 10.0. The minimum absolute atomic E-state index is 0.0973. The third-order valence-electron chi connectivity index (χ3n) is 4.41. The van der Waals surface area contributed by atoms with Gasteiger partial charge in [-0.05, 0) is 36.1 Å². The quantitative estimate of drug-likeness (QED) is 0.496. The summed E-state index contributed by atoms with van der Waals surface area (Å²) in [6.45, 7) is 0. The Morgan fingerprint density at radius 1 is 1.12 bits per heavy atom. The molecule has 0 saturated heterocycles. The average Bonchev–Trinajstić information content (AvgIpc) is 3.36. The van der Waals surface area contributed by atoms with Crippen molar-refractivity contribution in [1.29, 1.82) is 0 Å². The second-order valence-electron chi connectivity index (χ2n) is 6.19. The molecule has 2 aromatic carbocycles. The SMILES string of the molecule is O=C(Nc1nnc(SCc2ccccc2)s1)C1(c2ccc(F)cc2)CC1. The number of anilines is 1. The van der Waals surface area contributed by atoms with Gasteiger partial charge in [-0.25, -0.2) is 4.39 Å². The van der Waals surface area contributed by atoms with E-state index in [-0.39, 0.29) is 11.7 Å². The molecule has 1 aliphatic rings. The van der Waals surface area contributed by atoms with E-state index in [1.165, 1.54) is 29.0 Å². The second-order valence-corrected chi connectivity index (χ2v) is 8.39. The predicted octanol–water partition coefficient (Wildman–Crippen LogP) is 4.64. The summed E-state index contributed by atoms with van der Waals surface area (Å²) >= 11 is 2.97. The summed E-state index contributed by atoms with van der Waals surface area (Å²) in [6, 6.07) is 16.3. The molecule has 0 spiro atoms. The Labute approximate surface area is 158 Å². The monoisotopic (exact) mass is 385 g/mol. The predicted molar refractivity (Wildman–Crippen MR) is 102 cm³/mol. The molecule has 1 fully saturated rings. The Kier molecular flexibility index (Phi) is 4.74. The van der Waals surface area contributed by atoms with Crippen molar-refractivity contribution in [3.05, 3.63) is 71.5 Å². The van der Waals surface area contributed by atoms with Crippen molar-refractivity contribution in [2.75, 3.05) is 5.32 Å². The van der Waals surface area contributed by atoms with Gasteiger partial charge >= 0.3 is 0 Å². The number of aromatic nitrogens is 2. The largest absolute Gasteiger partial charge is 0.300 e. The molecule has 0 atom stereocenters. The molecule has 3 aromatic rings. The molecule has 0 radical (unpaired) electrons. The van der Waals surface area contributed by atoms with E-state index >= 15 is 0 Å². The molecule has 4 rings (SSSR count). The standard InChI is InChI=1S/C19H16FN3OS2/c20-15-8-6-14(7-9-15)19(10-11-19)16(24)21-17-22-23-18(26-17)25-12-13-4-2-1-3-5-13/h1-9H,10-12H2,(H,21,22,24). The molecule has 4 nitrogen and oxygen atoms in total. The number of benzene rings is 2. The zero-order valence-electron chi connectivity index (χ0n) is 13.8. The molecule has 1 aromatic heterocycles. The van der Waals surface area contributed by atoms with Gasteiger partial charge in [0.2, 0.25) is 11.0 Å². The third-order valence-corrected chi connectivity index (χ3v) is 6.46. The van der Waals surface area contributed by atoms with Gasteiger partial charge in [0.15, 0.2) is 4.34 Å². The fourth-order valence-electron chi connectivity index (χ4n) is 2.80. The Morgan fingerprint density at radius 3 is 2.54 bits per heavy atom. The Balaban J connectivity index is 1.39. The third kappa shape index (κ3) is 3.64. The van der Waals surface area contributed by atoms with Gasteiger partial charge in [0, 0.05) is 5.75 Å². The van der Waals surface area contributed by atoms with Gasteiger partial charge in [-0.1, -0.05) is 65.6 Å². The molecule has 0 aliphatic heterocycles. The first-order chi connectivity index (χ1) is 12.7. The van der Waals surface area contributed by atoms with Gasteiger partial charge < -0.3 is 0 Å². The van der Waals surface area contributed by atoms with E-state index < -0.39 is 5.41 Å². The van der Waals surface area contributed by atoms with Crippen molar-refractivity contribution >= 4 is 34.1 Å². The molecular weight excluding hydrogens is 369 g/mol. The maximum absolute atomic E-state index is 13.1. The summed E-state index contributed by atoms with van der Waals surface area (Å²) in [6.07, 6.45) is 1.53. The number of thioether (sulfide) groups is 1. The van der Waals surface area contributed by atoms with Crippen LogP contribution in [0, 0.1) is 5.82 Å². The summed E-state index contributed by atoms with van der Waals surface area (Å²) in [4.78, 5) is 12.7. The van der Waals surface area contributed by atoms with E-state index in [0.717, 1.165) is 28.5 Å². The minimum atomic E-state index is -0.559. The zero-order chi connectivity index (χ0) is 18.0. The van der Waals surface area contributed by atoms with Crippen LogP contribution in [0.5, 0.6) is 0 Å². The van der Waals surface area contributed by atoms with Crippen LogP contribution in [0.1, 0.15) is 24.0 Å². The molecule has 1 heterocycles. The van der Waals surface area contributed by atoms with E-state index in [9.17, 15) is 9.18 Å². The van der Waals surface area contributed by atoms with Crippen LogP contribution in [0.4, 0.5) is 9.52 Å². The normalized spacial score (nSPS) is 14.8. The van der Waals surface area contributed by atoms with E-state index in [2.05, 4.69) is 27.6 Å². The summed E-state index contributed by atoms with van der Waals surface area (Å²) in [5, 5.41) is 11.6. The molecular formula is C19H16FN3OS2. The number of hydrogen-bond donors (Lipinski definition) is 1.